The third-order valence-corrected chi connectivity index (χ3v) is 9.68. The van der Waals surface area contributed by atoms with Gasteiger partial charge in [-0.1, -0.05) is 154 Å². The van der Waals surface area contributed by atoms with Gasteiger partial charge in [0.25, 0.3) is 0 Å². The monoisotopic (exact) mass is 760 g/mol. The third-order valence-electron chi connectivity index (χ3n) is 8.73. The average molecular weight is 760 g/mol. The van der Waals surface area contributed by atoms with Crippen LogP contribution in [-0.2, 0) is 37.5 Å². The maximum atomic E-state index is 12.6. The molecule has 0 aliphatic carbocycles. The van der Waals surface area contributed by atoms with Gasteiger partial charge in [-0.3, -0.25) is 23.4 Å². The Balaban J connectivity index is 4.43. The maximum Gasteiger partial charge on any atom is 0.472 e. The van der Waals surface area contributed by atoms with E-state index in [0.29, 0.717) is 12.8 Å². The highest BCUT2D eigenvalue weighted by molar-refractivity contribution is 7.47. The van der Waals surface area contributed by atoms with Gasteiger partial charge in [0.15, 0.2) is 6.10 Å². The number of ether oxygens (including phenoxy) is 2. The molecule has 0 aromatic rings. The highest BCUT2D eigenvalue weighted by Gasteiger charge is 2.28. The molecule has 0 aliphatic heterocycles. The predicted octanol–water partition coefficient (Wildman–Crippen LogP) is 10.3. The number of carbonyl (C=O) groups is 3. The van der Waals surface area contributed by atoms with Crippen molar-refractivity contribution in [1.29, 1.82) is 0 Å². The number of hydrogen-bond donors (Lipinski definition) is 3. The summed E-state index contributed by atoms with van der Waals surface area (Å²) in [6.45, 7) is 2.76. The molecule has 0 aromatic carbocycles. The topological polar surface area (TPSA) is 172 Å². The van der Waals surface area contributed by atoms with E-state index in [1.807, 2.05) is 0 Å². The summed E-state index contributed by atoms with van der Waals surface area (Å²) < 4.78 is 32.6. The molecule has 0 bridgehead atoms. The number of carboxylic acid groups (broad SMARTS) is 1. The molecule has 0 aliphatic rings. The molecule has 0 rings (SSSR count). The van der Waals surface area contributed by atoms with Crippen molar-refractivity contribution >= 4 is 25.7 Å². The quantitative estimate of drug-likeness (QED) is 0.0237. The first-order valence-electron chi connectivity index (χ1n) is 20.4. The zero-order valence-electron chi connectivity index (χ0n) is 32.7. The Labute approximate surface area is 315 Å². The Bertz CT molecular complexity index is 989. The minimum absolute atomic E-state index is 0.146. The fourth-order valence-corrected chi connectivity index (χ4v) is 6.25. The number of phosphoric acid groups is 1. The van der Waals surface area contributed by atoms with Crippen molar-refractivity contribution < 1.29 is 47.5 Å². The molecule has 0 fully saturated rings. The number of esters is 2. The minimum atomic E-state index is -4.71. The summed E-state index contributed by atoms with van der Waals surface area (Å²) in [5, 5.41) is 8.87. The summed E-state index contributed by atoms with van der Waals surface area (Å²) in [4.78, 5) is 45.8. The summed E-state index contributed by atoms with van der Waals surface area (Å²) >= 11 is 0. The van der Waals surface area contributed by atoms with Crippen LogP contribution in [0.1, 0.15) is 181 Å². The molecule has 0 spiro atoms. The van der Waals surface area contributed by atoms with Crippen LogP contribution < -0.4 is 5.73 Å². The number of aliphatic carboxylic acids is 1. The fourth-order valence-electron chi connectivity index (χ4n) is 5.47. The maximum absolute atomic E-state index is 12.6. The molecular formula is C40H74NO10P. The van der Waals surface area contributed by atoms with Gasteiger partial charge in [-0.2, -0.15) is 0 Å². The number of phosphoric ester groups is 1. The summed E-state index contributed by atoms with van der Waals surface area (Å²) in [5.74, 6) is -2.39. The van der Waals surface area contributed by atoms with Gasteiger partial charge < -0.3 is 25.2 Å². The number of carbonyl (C=O) groups excluding carboxylic acids is 2. The van der Waals surface area contributed by atoms with Crippen LogP contribution >= 0.6 is 7.82 Å². The van der Waals surface area contributed by atoms with Crippen LogP contribution in [0.2, 0.25) is 0 Å². The van der Waals surface area contributed by atoms with Crippen molar-refractivity contribution in [3.63, 3.8) is 0 Å². The van der Waals surface area contributed by atoms with Gasteiger partial charge in [0.1, 0.15) is 12.6 Å². The largest absolute Gasteiger partial charge is 0.480 e. The van der Waals surface area contributed by atoms with Crippen LogP contribution in [0.4, 0.5) is 0 Å². The van der Waals surface area contributed by atoms with Crippen molar-refractivity contribution in [3.8, 4) is 0 Å². The number of hydrogen-bond acceptors (Lipinski definition) is 9. The van der Waals surface area contributed by atoms with Crippen molar-refractivity contribution in [2.75, 3.05) is 19.8 Å². The van der Waals surface area contributed by atoms with E-state index in [4.69, 9.17) is 24.8 Å². The van der Waals surface area contributed by atoms with Crippen molar-refractivity contribution in [2.45, 2.75) is 193 Å². The van der Waals surface area contributed by atoms with Gasteiger partial charge in [-0.25, -0.2) is 4.57 Å². The van der Waals surface area contributed by atoms with E-state index in [-0.39, 0.29) is 19.4 Å². The number of rotatable bonds is 38. The first-order valence-corrected chi connectivity index (χ1v) is 21.9. The smallest absolute Gasteiger partial charge is 0.472 e. The lowest BCUT2D eigenvalue weighted by Gasteiger charge is -2.20. The molecule has 304 valence electrons. The third kappa shape index (κ3) is 35.0. The van der Waals surface area contributed by atoms with Crippen LogP contribution in [-0.4, -0.2) is 59.9 Å². The van der Waals surface area contributed by atoms with Crippen molar-refractivity contribution in [2.24, 2.45) is 5.73 Å². The molecule has 0 amide bonds. The summed E-state index contributed by atoms with van der Waals surface area (Å²) in [7, 11) is -4.71. The molecule has 0 saturated heterocycles. The predicted molar refractivity (Wildman–Crippen MR) is 208 cm³/mol. The lowest BCUT2D eigenvalue weighted by Crippen LogP contribution is -2.34. The van der Waals surface area contributed by atoms with Gasteiger partial charge in [0.2, 0.25) is 0 Å². The molecule has 0 aromatic heterocycles. The minimum Gasteiger partial charge on any atom is -0.480 e. The number of nitrogens with two attached hydrogens (primary N) is 1. The standard InChI is InChI=1S/C40H74NO10P/c1-3-5-7-9-11-13-15-17-18-20-22-24-26-28-30-32-39(43)51-36(34-49-52(46,47)50-35-37(41)40(44)45)33-48-38(42)31-29-27-25-23-21-19-16-14-12-10-8-6-4-2/h13,15,17-18,36-37H,3-12,14,16,19-35,41H2,1-2H3,(H,44,45)(H,46,47)/b15-13+,18-17+/t36-,37+/m1/s1. The van der Waals surface area contributed by atoms with Crippen molar-refractivity contribution in [1.82, 2.24) is 0 Å². The first-order chi connectivity index (χ1) is 25.1. The van der Waals surface area contributed by atoms with E-state index in [1.54, 1.807) is 0 Å². The number of unbranched alkanes of at least 4 members (excludes halogenated alkanes) is 21. The highest BCUT2D eigenvalue weighted by Crippen LogP contribution is 2.43. The fraction of sp³-hybridized carbons (Fsp3) is 0.825. The first kappa shape index (κ1) is 50.0. The second-order valence-electron chi connectivity index (χ2n) is 13.8. The Hall–Kier alpha value is -2.04. The lowest BCUT2D eigenvalue weighted by atomic mass is 10.0. The normalized spacial score (nSPS) is 14.1. The molecule has 0 radical (unpaired) electrons. The molecule has 3 atom stereocenters. The van der Waals surface area contributed by atoms with Gasteiger partial charge >= 0.3 is 25.7 Å². The van der Waals surface area contributed by atoms with Gasteiger partial charge in [0, 0.05) is 12.8 Å². The molecule has 52 heavy (non-hydrogen) atoms. The zero-order valence-corrected chi connectivity index (χ0v) is 33.5. The van der Waals surface area contributed by atoms with E-state index in [9.17, 15) is 23.8 Å². The SMILES string of the molecule is CCCCCC/C=C/C=C/CCCCCCCC(=O)O[C@H](COC(=O)CCCCCCCCCCCCCCC)COP(=O)(O)OC[C@H](N)C(=O)O. The molecular weight excluding hydrogens is 685 g/mol. The molecule has 0 heterocycles. The lowest BCUT2D eigenvalue weighted by molar-refractivity contribution is -0.161. The Kier molecular flexibility index (Phi) is 34.6. The van der Waals surface area contributed by atoms with E-state index in [0.717, 1.165) is 57.8 Å². The van der Waals surface area contributed by atoms with Gasteiger partial charge in [0.05, 0.1) is 13.2 Å². The number of carboxylic acids is 1. The highest BCUT2D eigenvalue weighted by atomic mass is 31.2. The Morgan fingerprint density at radius 1 is 0.596 bits per heavy atom. The van der Waals surface area contributed by atoms with Gasteiger partial charge in [-0.15, -0.1) is 0 Å². The zero-order chi connectivity index (χ0) is 38.5. The van der Waals surface area contributed by atoms with Crippen LogP contribution in [0.3, 0.4) is 0 Å². The molecule has 12 heteroatoms. The molecule has 1 unspecified atom stereocenters. The van der Waals surface area contributed by atoms with Crippen LogP contribution in [0.5, 0.6) is 0 Å². The van der Waals surface area contributed by atoms with E-state index >= 15 is 0 Å². The van der Waals surface area contributed by atoms with E-state index < -0.39 is 51.1 Å². The van der Waals surface area contributed by atoms with E-state index in [1.165, 1.54) is 83.5 Å². The Morgan fingerprint density at radius 3 is 1.48 bits per heavy atom. The summed E-state index contributed by atoms with van der Waals surface area (Å²) in [5.41, 5.74) is 5.32. The Morgan fingerprint density at radius 2 is 1.00 bits per heavy atom. The second-order valence-corrected chi connectivity index (χ2v) is 15.3. The van der Waals surface area contributed by atoms with E-state index in [2.05, 4.69) is 42.7 Å². The molecule has 4 N–H and O–H groups in total. The second kappa shape index (κ2) is 36.0. The van der Waals surface area contributed by atoms with Crippen LogP contribution in [0, 0.1) is 0 Å². The number of allylic oxidation sites excluding steroid dienone is 4. The van der Waals surface area contributed by atoms with Crippen LogP contribution in [0.25, 0.3) is 0 Å². The summed E-state index contributed by atoms with van der Waals surface area (Å²) in [6, 6.07) is -1.52. The van der Waals surface area contributed by atoms with Crippen LogP contribution in [0.15, 0.2) is 24.3 Å². The van der Waals surface area contributed by atoms with Gasteiger partial charge in [-0.05, 0) is 38.5 Å². The summed E-state index contributed by atoms with van der Waals surface area (Å²) in [6.07, 6.45) is 35.2. The average Bonchev–Trinajstić information content (AvgIpc) is 3.12. The van der Waals surface area contributed by atoms with Crippen molar-refractivity contribution in [3.05, 3.63) is 24.3 Å². The molecule has 0 saturated carbocycles. The molecule has 11 nitrogen and oxygen atoms in total.